The molecule has 3 rings (SSSR count). The topological polar surface area (TPSA) is 56.1 Å². The smallest absolute Gasteiger partial charge is 0.264 e. The molecule has 0 unspecified atom stereocenters. The van der Waals surface area contributed by atoms with Gasteiger partial charge in [0, 0.05) is 22.4 Å². The van der Waals surface area contributed by atoms with Crippen molar-refractivity contribution < 1.29 is 13.2 Å². The first-order valence-corrected chi connectivity index (χ1v) is 10.7. The average Bonchev–Trinajstić information content (AvgIpc) is 2.91. The van der Waals surface area contributed by atoms with Gasteiger partial charge in [-0.2, -0.15) is 0 Å². The summed E-state index contributed by atoms with van der Waals surface area (Å²) < 4.78 is 25.2. The van der Waals surface area contributed by atoms with Crippen LogP contribution < -0.4 is 0 Å². The Balaban J connectivity index is 2.23. The van der Waals surface area contributed by atoms with Gasteiger partial charge in [-0.3, -0.25) is 9.36 Å². The highest BCUT2D eigenvalue weighted by Gasteiger charge is 2.20. The maximum atomic E-state index is 13.1. The lowest BCUT2D eigenvalue weighted by molar-refractivity contribution is 0.0962. The summed E-state index contributed by atoms with van der Waals surface area (Å²) >= 11 is 12.1. The van der Waals surface area contributed by atoms with E-state index in [9.17, 15) is 13.2 Å². The second-order valence-corrected chi connectivity index (χ2v) is 9.00. The molecule has 136 valence electrons. The number of hydrogen-bond acceptors (Lipinski definition) is 3. The molecule has 0 spiro atoms. The normalized spacial score (nSPS) is 11.8. The van der Waals surface area contributed by atoms with E-state index in [1.807, 2.05) is 13.0 Å². The monoisotopic (exact) mass is 409 g/mol. The summed E-state index contributed by atoms with van der Waals surface area (Å²) in [5.41, 5.74) is 1.80. The minimum absolute atomic E-state index is 0.224. The molecule has 0 amide bonds. The minimum Gasteiger partial charge on any atom is -0.280 e. The van der Waals surface area contributed by atoms with E-state index >= 15 is 0 Å². The zero-order chi connectivity index (χ0) is 19.1. The fourth-order valence-corrected chi connectivity index (χ4v) is 4.09. The number of nitrogens with zero attached hydrogens (tertiary/aromatic N) is 1. The van der Waals surface area contributed by atoms with Crippen LogP contribution in [0.3, 0.4) is 0 Å². The molecule has 1 heterocycles. The van der Waals surface area contributed by atoms with Gasteiger partial charge in [0.25, 0.3) is 5.91 Å². The summed E-state index contributed by atoms with van der Waals surface area (Å²) in [6, 6.07) is 11.4. The molecule has 0 aliphatic rings. The third-order valence-corrected chi connectivity index (χ3v) is 5.81. The standard InChI is InChI=1S/C19H17Cl2NO3S/c1-3-4-14-9-12-10-15(26(2,24)25)6-8-18(12)22(14)19(23)16-7-5-13(20)11-17(16)21/h5-11H,3-4H2,1-2H3. The van der Waals surface area contributed by atoms with Gasteiger partial charge < -0.3 is 0 Å². The molecule has 0 fully saturated rings. The molecule has 0 bridgehead atoms. The van der Waals surface area contributed by atoms with Gasteiger partial charge in [0.05, 0.1) is 21.0 Å². The van der Waals surface area contributed by atoms with Gasteiger partial charge in [-0.1, -0.05) is 36.5 Å². The van der Waals surface area contributed by atoms with Crippen molar-refractivity contribution >= 4 is 49.8 Å². The van der Waals surface area contributed by atoms with Crippen molar-refractivity contribution in [3.63, 3.8) is 0 Å². The molecule has 0 radical (unpaired) electrons. The van der Waals surface area contributed by atoms with Crippen LogP contribution in [0.2, 0.25) is 10.0 Å². The second kappa shape index (κ2) is 7.06. The van der Waals surface area contributed by atoms with Crippen LogP contribution in [0.1, 0.15) is 29.4 Å². The van der Waals surface area contributed by atoms with Gasteiger partial charge in [-0.05, 0) is 48.9 Å². The van der Waals surface area contributed by atoms with E-state index in [1.165, 1.54) is 12.1 Å². The second-order valence-electron chi connectivity index (χ2n) is 6.14. The van der Waals surface area contributed by atoms with Crippen molar-refractivity contribution in [2.75, 3.05) is 6.26 Å². The highest BCUT2D eigenvalue weighted by atomic mass is 35.5. The van der Waals surface area contributed by atoms with E-state index in [-0.39, 0.29) is 15.8 Å². The SMILES string of the molecule is CCCc1cc2cc(S(C)(=O)=O)ccc2n1C(=O)c1ccc(Cl)cc1Cl. The molecule has 0 aliphatic carbocycles. The van der Waals surface area contributed by atoms with Crippen molar-refractivity contribution in [1.29, 1.82) is 0 Å². The third-order valence-electron chi connectivity index (χ3n) is 4.15. The maximum Gasteiger partial charge on any atom is 0.264 e. The lowest BCUT2D eigenvalue weighted by Crippen LogP contribution is -2.15. The van der Waals surface area contributed by atoms with E-state index in [1.54, 1.807) is 28.8 Å². The lowest BCUT2D eigenvalue weighted by Gasteiger charge is -2.11. The highest BCUT2D eigenvalue weighted by Crippen LogP contribution is 2.28. The number of carbonyl (C=O) groups excluding carboxylic acids is 1. The Morgan fingerprint density at radius 3 is 2.42 bits per heavy atom. The summed E-state index contributed by atoms with van der Waals surface area (Å²) in [5.74, 6) is -0.266. The van der Waals surface area contributed by atoms with Gasteiger partial charge in [0.15, 0.2) is 9.84 Å². The van der Waals surface area contributed by atoms with Gasteiger partial charge in [0.1, 0.15) is 0 Å². The van der Waals surface area contributed by atoms with E-state index in [2.05, 4.69) is 0 Å². The van der Waals surface area contributed by atoms with Crippen LogP contribution >= 0.6 is 23.2 Å². The summed E-state index contributed by atoms with van der Waals surface area (Å²) in [4.78, 5) is 13.4. The molecule has 0 saturated carbocycles. The Bertz CT molecular complexity index is 1120. The third kappa shape index (κ3) is 3.52. The van der Waals surface area contributed by atoms with Crippen molar-refractivity contribution in [3.8, 4) is 0 Å². The molecule has 0 aliphatic heterocycles. The van der Waals surface area contributed by atoms with Crippen LogP contribution in [0.15, 0.2) is 47.4 Å². The lowest BCUT2D eigenvalue weighted by atomic mass is 10.2. The Kier molecular flexibility index (Phi) is 5.15. The predicted molar refractivity (Wildman–Crippen MR) is 105 cm³/mol. The number of benzene rings is 2. The van der Waals surface area contributed by atoms with Crippen LogP contribution in [0.4, 0.5) is 0 Å². The molecule has 1 aromatic heterocycles. The zero-order valence-electron chi connectivity index (χ0n) is 14.3. The molecule has 26 heavy (non-hydrogen) atoms. The fraction of sp³-hybridized carbons (Fsp3) is 0.211. The Labute approximate surface area is 162 Å². The minimum atomic E-state index is -3.32. The summed E-state index contributed by atoms with van der Waals surface area (Å²) in [6.07, 6.45) is 2.69. The molecule has 0 N–H and O–H groups in total. The number of carbonyl (C=O) groups is 1. The summed E-state index contributed by atoms with van der Waals surface area (Å²) in [5, 5.41) is 1.44. The van der Waals surface area contributed by atoms with Crippen molar-refractivity contribution in [3.05, 3.63) is 63.8 Å². The van der Waals surface area contributed by atoms with Crippen molar-refractivity contribution in [2.45, 2.75) is 24.7 Å². The number of aryl methyl sites for hydroxylation is 1. The number of halogens is 2. The van der Waals surface area contributed by atoms with Gasteiger partial charge in [-0.25, -0.2) is 8.42 Å². The average molecular weight is 410 g/mol. The van der Waals surface area contributed by atoms with Crippen LogP contribution in [-0.4, -0.2) is 25.1 Å². The Hall–Kier alpha value is -1.82. The maximum absolute atomic E-state index is 13.1. The van der Waals surface area contributed by atoms with Crippen molar-refractivity contribution in [2.24, 2.45) is 0 Å². The first-order valence-electron chi connectivity index (χ1n) is 8.06. The first kappa shape index (κ1) is 19.0. The van der Waals surface area contributed by atoms with Crippen LogP contribution in [0.5, 0.6) is 0 Å². The molecular weight excluding hydrogens is 393 g/mol. The van der Waals surface area contributed by atoms with Crippen LogP contribution in [0, 0.1) is 0 Å². The molecule has 0 atom stereocenters. The van der Waals surface area contributed by atoms with Crippen molar-refractivity contribution in [1.82, 2.24) is 4.57 Å². The van der Waals surface area contributed by atoms with Gasteiger partial charge in [-0.15, -0.1) is 0 Å². The Morgan fingerprint density at radius 2 is 1.81 bits per heavy atom. The number of rotatable bonds is 4. The highest BCUT2D eigenvalue weighted by molar-refractivity contribution is 7.90. The van der Waals surface area contributed by atoms with Gasteiger partial charge in [0.2, 0.25) is 0 Å². The largest absolute Gasteiger partial charge is 0.280 e. The molecular formula is C19H17Cl2NO3S. The van der Waals surface area contributed by atoms with E-state index in [0.717, 1.165) is 18.4 Å². The number of fused-ring (bicyclic) bond motifs is 1. The zero-order valence-corrected chi connectivity index (χ0v) is 16.6. The predicted octanol–water partition coefficient (Wildman–Crippen LogP) is 4.99. The fourth-order valence-electron chi connectivity index (χ4n) is 2.94. The number of hydrogen-bond donors (Lipinski definition) is 0. The molecule has 7 heteroatoms. The summed E-state index contributed by atoms with van der Waals surface area (Å²) in [6.45, 7) is 2.02. The number of aromatic nitrogens is 1. The summed E-state index contributed by atoms with van der Waals surface area (Å²) in [7, 11) is -3.32. The van der Waals surface area contributed by atoms with Gasteiger partial charge >= 0.3 is 0 Å². The Morgan fingerprint density at radius 1 is 1.08 bits per heavy atom. The molecule has 4 nitrogen and oxygen atoms in total. The molecule has 3 aromatic rings. The quantitative estimate of drug-likeness (QED) is 0.609. The number of sulfone groups is 1. The molecule has 0 saturated heterocycles. The van der Waals surface area contributed by atoms with E-state index in [4.69, 9.17) is 23.2 Å². The van der Waals surface area contributed by atoms with Crippen LogP contribution in [-0.2, 0) is 16.3 Å². The first-order chi connectivity index (χ1) is 12.2. The van der Waals surface area contributed by atoms with E-state index in [0.29, 0.717) is 27.9 Å². The molecule has 2 aromatic carbocycles. The van der Waals surface area contributed by atoms with E-state index < -0.39 is 9.84 Å². The van der Waals surface area contributed by atoms with Crippen LogP contribution in [0.25, 0.3) is 10.9 Å².